The highest BCUT2D eigenvalue weighted by Gasteiger charge is 2.16. The van der Waals surface area contributed by atoms with E-state index in [1.54, 1.807) is 24.3 Å². The van der Waals surface area contributed by atoms with Gasteiger partial charge in [0.2, 0.25) is 0 Å². The van der Waals surface area contributed by atoms with E-state index in [9.17, 15) is 14.7 Å². The lowest BCUT2D eigenvalue weighted by Crippen LogP contribution is -2.26. The lowest BCUT2D eigenvalue weighted by molar-refractivity contribution is 0.0696. The molecule has 2 aromatic carbocycles. The Morgan fingerprint density at radius 3 is 2.65 bits per heavy atom. The van der Waals surface area contributed by atoms with Crippen LogP contribution in [0.5, 0.6) is 0 Å². The van der Waals surface area contributed by atoms with Crippen LogP contribution in [0.25, 0.3) is 0 Å². The van der Waals surface area contributed by atoms with Gasteiger partial charge in [0.1, 0.15) is 0 Å². The van der Waals surface area contributed by atoms with Gasteiger partial charge in [0.05, 0.1) is 11.1 Å². The fraction of sp³-hybridized carbons (Fsp3) is 0.176. The maximum Gasteiger partial charge on any atom is 0.335 e. The number of hydrogen-bond donors (Lipinski definition) is 3. The Labute approximate surface area is 138 Å². The van der Waals surface area contributed by atoms with Crippen LogP contribution in [0.15, 0.2) is 52.3 Å². The molecule has 1 aliphatic rings. The van der Waals surface area contributed by atoms with Crippen molar-refractivity contribution < 1.29 is 14.7 Å². The summed E-state index contributed by atoms with van der Waals surface area (Å²) in [5.41, 5.74) is 1.71. The van der Waals surface area contributed by atoms with Crippen LogP contribution >= 0.6 is 11.8 Å². The third kappa shape index (κ3) is 3.48. The number of carbonyl (C=O) groups is 2. The second-order valence-electron chi connectivity index (χ2n) is 5.15. The van der Waals surface area contributed by atoms with Crippen LogP contribution in [0.2, 0.25) is 0 Å². The van der Waals surface area contributed by atoms with Crippen molar-refractivity contribution >= 4 is 29.3 Å². The summed E-state index contributed by atoms with van der Waals surface area (Å²) in [5, 5.41) is 15.4. The van der Waals surface area contributed by atoms with Crippen molar-refractivity contribution in [1.82, 2.24) is 5.32 Å². The van der Waals surface area contributed by atoms with Crippen LogP contribution in [-0.2, 0) is 0 Å². The SMILES string of the molecule is O=C(O)c1ccc2c(c1)Sc1ccccc1C(=O)NCCCN2. The molecule has 1 amide bonds. The molecule has 3 N–H and O–H groups in total. The second kappa shape index (κ2) is 6.75. The maximum atomic E-state index is 12.3. The second-order valence-corrected chi connectivity index (χ2v) is 6.23. The first-order valence-corrected chi connectivity index (χ1v) is 8.13. The fourth-order valence-electron chi connectivity index (χ4n) is 2.36. The number of carbonyl (C=O) groups excluding carboxylic acids is 1. The summed E-state index contributed by atoms with van der Waals surface area (Å²) in [6, 6.07) is 12.4. The van der Waals surface area contributed by atoms with E-state index in [0.717, 1.165) is 21.9 Å². The van der Waals surface area contributed by atoms with Gasteiger partial charge in [-0.05, 0) is 36.8 Å². The number of fused-ring (bicyclic) bond motifs is 2. The van der Waals surface area contributed by atoms with Gasteiger partial charge in [-0.25, -0.2) is 4.79 Å². The number of carboxylic acids is 1. The van der Waals surface area contributed by atoms with Gasteiger partial charge in [0, 0.05) is 28.6 Å². The monoisotopic (exact) mass is 328 g/mol. The van der Waals surface area contributed by atoms with Gasteiger partial charge >= 0.3 is 5.97 Å². The van der Waals surface area contributed by atoms with Gasteiger partial charge in [-0.2, -0.15) is 0 Å². The molecule has 2 aromatic rings. The molecule has 118 valence electrons. The van der Waals surface area contributed by atoms with E-state index in [2.05, 4.69) is 10.6 Å². The third-order valence-electron chi connectivity index (χ3n) is 3.53. The van der Waals surface area contributed by atoms with E-state index in [1.165, 1.54) is 11.8 Å². The molecule has 0 bridgehead atoms. The summed E-state index contributed by atoms with van der Waals surface area (Å²) >= 11 is 1.40. The van der Waals surface area contributed by atoms with E-state index >= 15 is 0 Å². The van der Waals surface area contributed by atoms with Crippen LogP contribution in [0.4, 0.5) is 5.69 Å². The number of benzene rings is 2. The van der Waals surface area contributed by atoms with E-state index in [4.69, 9.17) is 0 Å². The molecule has 0 spiro atoms. The van der Waals surface area contributed by atoms with Gasteiger partial charge in [0.15, 0.2) is 0 Å². The van der Waals surface area contributed by atoms with Crippen molar-refractivity contribution in [3.8, 4) is 0 Å². The fourth-order valence-corrected chi connectivity index (χ4v) is 3.45. The summed E-state index contributed by atoms with van der Waals surface area (Å²) in [7, 11) is 0. The van der Waals surface area contributed by atoms with Crippen LogP contribution in [0.3, 0.4) is 0 Å². The van der Waals surface area contributed by atoms with Crippen molar-refractivity contribution in [2.24, 2.45) is 0 Å². The first-order valence-electron chi connectivity index (χ1n) is 7.31. The molecule has 0 aromatic heterocycles. The largest absolute Gasteiger partial charge is 0.478 e. The number of aromatic carboxylic acids is 1. The normalized spacial score (nSPS) is 14.5. The van der Waals surface area contributed by atoms with E-state index in [-0.39, 0.29) is 11.5 Å². The van der Waals surface area contributed by atoms with E-state index in [1.807, 2.05) is 18.2 Å². The lowest BCUT2D eigenvalue weighted by atomic mass is 10.2. The Kier molecular flexibility index (Phi) is 4.52. The molecule has 1 aliphatic heterocycles. The van der Waals surface area contributed by atoms with Crippen LogP contribution in [0.1, 0.15) is 27.1 Å². The van der Waals surface area contributed by atoms with Gasteiger partial charge in [-0.1, -0.05) is 23.9 Å². The van der Waals surface area contributed by atoms with Gasteiger partial charge < -0.3 is 15.7 Å². The quantitative estimate of drug-likeness (QED) is 0.750. The number of rotatable bonds is 1. The third-order valence-corrected chi connectivity index (χ3v) is 4.67. The minimum Gasteiger partial charge on any atom is -0.478 e. The molecule has 0 aliphatic carbocycles. The maximum absolute atomic E-state index is 12.3. The first kappa shape index (κ1) is 15.4. The average molecular weight is 328 g/mol. The van der Waals surface area contributed by atoms with Crippen LogP contribution in [-0.4, -0.2) is 30.1 Å². The molecule has 5 nitrogen and oxygen atoms in total. The highest BCUT2D eigenvalue weighted by molar-refractivity contribution is 7.99. The van der Waals surface area contributed by atoms with Gasteiger partial charge in [-0.3, -0.25) is 4.79 Å². The first-order chi connectivity index (χ1) is 11.1. The van der Waals surface area contributed by atoms with Crippen molar-refractivity contribution in [1.29, 1.82) is 0 Å². The molecule has 0 saturated heterocycles. The lowest BCUT2D eigenvalue weighted by Gasteiger charge is -2.12. The van der Waals surface area contributed by atoms with Crippen LogP contribution in [0, 0.1) is 0 Å². The molecule has 6 heteroatoms. The predicted molar refractivity (Wildman–Crippen MR) is 89.4 cm³/mol. The smallest absolute Gasteiger partial charge is 0.335 e. The van der Waals surface area contributed by atoms with Crippen molar-refractivity contribution in [2.75, 3.05) is 18.4 Å². The number of nitrogens with one attached hydrogen (secondary N) is 2. The summed E-state index contributed by atoms with van der Waals surface area (Å²) in [4.78, 5) is 25.1. The zero-order valence-corrected chi connectivity index (χ0v) is 13.2. The number of carboxylic acid groups (broad SMARTS) is 1. The van der Waals surface area contributed by atoms with Crippen molar-refractivity contribution in [2.45, 2.75) is 16.2 Å². The molecule has 0 radical (unpaired) electrons. The van der Waals surface area contributed by atoms with Crippen molar-refractivity contribution in [3.63, 3.8) is 0 Å². The molecular weight excluding hydrogens is 312 g/mol. The Balaban J connectivity index is 2.07. The molecule has 3 rings (SSSR count). The molecule has 23 heavy (non-hydrogen) atoms. The Bertz CT molecular complexity index is 761. The highest BCUT2D eigenvalue weighted by Crippen LogP contribution is 2.36. The minimum absolute atomic E-state index is 0.106. The zero-order valence-electron chi connectivity index (χ0n) is 12.3. The summed E-state index contributed by atoms with van der Waals surface area (Å²) in [6.45, 7) is 1.30. The summed E-state index contributed by atoms with van der Waals surface area (Å²) < 4.78 is 0. The topological polar surface area (TPSA) is 78.4 Å². The number of anilines is 1. The number of hydrogen-bond acceptors (Lipinski definition) is 4. The van der Waals surface area contributed by atoms with Crippen molar-refractivity contribution in [3.05, 3.63) is 53.6 Å². The Hall–Kier alpha value is -2.47. The minimum atomic E-state index is -0.964. The summed E-state index contributed by atoms with van der Waals surface area (Å²) in [6.07, 6.45) is 0.790. The molecule has 1 heterocycles. The van der Waals surface area contributed by atoms with E-state index in [0.29, 0.717) is 18.7 Å². The molecule has 0 saturated carbocycles. The highest BCUT2D eigenvalue weighted by atomic mass is 32.2. The standard InChI is InChI=1S/C17H16N2O3S/c20-16-12-4-1-2-5-14(12)23-15-10-11(17(21)22)6-7-13(15)18-8-3-9-19-16/h1-2,4-7,10,18H,3,8-9H2,(H,19,20)(H,21,22). The number of amides is 1. The molecule has 0 unspecified atom stereocenters. The predicted octanol–water partition coefficient (Wildman–Crippen LogP) is 3.08. The van der Waals surface area contributed by atoms with Gasteiger partial charge in [0.25, 0.3) is 5.91 Å². The molecular formula is C17H16N2O3S. The Morgan fingerprint density at radius 2 is 1.83 bits per heavy atom. The average Bonchev–Trinajstić information content (AvgIpc) is 2.58. The molecule has 0 atom stereocenters. The zero-order chi connectivity index (χ0) is 16.2. The van der Waals surface area contributed by atoms with Gasteiger partial charge in [-0.15, -0.1) is 0 Å². The van der Waals surface area contributed by atoms with Crippen LogP contribution < -0.4 is 10.6 Å². The Morgan fingerprint density at radius 1 is 1.04 bits per heavy atom. The van der Waals surface area contributed by atoms with E-state index < -0.39 is 5.97 Å². The summed E-state index contributed by atoms with van der Waals surface area (Å²) in [5.74, 6) is -1.07. The molecule has 0 fully saturated rings.